The van der Waals surface area contributed by atoms with Crippen LogP contribution in [0.15, 0.2) is 35.1 Å². The monoisotopic (exact) mass is 567 g/mol. The smallest absolute Gasteiger partial charge is 0.294 e. The number of likely N-dealkylation sites (tertiary alicyclic amines) is 2. The van der Waals surface area contributed by atoms with Crippen molar-refractivity contribution in [2.45, 2.75) is 37.6 Å². The number of amides is 2. The lowest BCUT2D eigenvalue weighted by molar-refractivity contribution is -0.384. The molecule has 0 aliphatic carbocycles. The molecule has 1 aromatic carbocycles. The topological polar surface area (TPSA) is 129 Å². The number of halogens is 3. The summed E-state index contributed by atoms with van der Waals surface area (Å²) in [4.78, 5) is 44.1. The maximum absolute atomic E-state index is 13.6. The fourth-order valence-corrected chi connectivity index (χ4v) is 4.92. The van der Waals surface area contributed by atoms with Gasteiger partial charge in [0.15, 0.2) is 0 Å². The van der Waals surface area contributed by atoms with Crippen LogP contribution in [0.3, 0.4) is 0 Å². The van der Waals surface area contributed by atoms with Gasteiger partial charge in [-0.2, -0.15) is 0 Å². The van der Waals surface area contributed by atoms with Crippen LogP contribution >= 0.6 is 15.9 Å². The molecule has 0 radical (unpaired) electrons. The van der Waals surface area contributed by atoms with Crippen LogP contribution in [0.1, 0.15) is 46.4 Å². The van der Waals surface area contributed by atoms with Crippen LogP contribution in [0.25, 0.3) is 0 Å². The molecule has 13 heteroatoms. The number of nitro benzene ring substituents is 1. The summed E-state index contributed by atoms with van der Waals surface area (Å²) in [5.41, 5.74) is -0.135. The molecule has 2 aromatic rings. The summed E-state index contributed by atoms with van der Waals surface area (Å²) in [6.45, 7) is 0.332. The van der Waals surface area contributed by atoms with Crippen molar-refractivity contribution >= 4 is 39.1 Å². The van der Waals surface area contributed by atoms with E-state index >= 15 is 0 Å². The zero-order valence-corrected chi connectivity index (χ0v) is 20.7. The second-order valence-electron chi connectivity index (χ2n) is 8.92. The first-order valence-electron chi connectivity index (χ1n) is 11.4. The first kappa shape index (κ1) is 25.7. The van der Waals surface area contributed by atoms with Gasteiger partial charge in [0.05, 0.1) is 22.2 Å². The molecule has 0 bridgehead atoms. The number of aromatic nitrogens is 1. The summed E-state index contributed by atoms with van der Waals surface area (Å²) in [6.07, 6.45) is 2.80. The molecular formula is C23H24BrF2N5O5. The molecule has 36 heavy (non-hydrogen) atoms. The maximum Gasteiger partial charge on any atom is 0.294 e. The molecule has 1 atom stereocenters. The number of alkyl halides is 2. The number of nitrogens with one attached hydrogen (secondary N) is 1. The lowest BCUT2D eigenvalue weighted by Crippen LogP contribution is -2.46. The number of hydrogen-bond donors (Lipinski definition) is 2. The fourth-order valence-electron chi connectivity index (χ4n) is 4.48. The van der Waals surface area contributed by atoms with Gasteiger partial charge in [-0.05, 0) is 25.0 Å². The van der Waals surface area contributed by atoms with E-state index in [1.54, 1.807) is 4.90 Å². The van der Waals surface area contributed by atoms with Gasteiger partial charge < -0.3 is 20.2 Å². The van der Waals surface area contributed by atoms with Gasteiger partial charge in [0.25, 0.3) is 23.4 Å². The highest BCUT2D eigenvalue weighted by molar-refractivity contribution is 9.10. The molecule has 2 N–H and O–H groups in total. The SMILES string of the molecule is O=C(c1cncc(O)c1)N1CCC[C@@H](Nc2c(C(=O)N3CCC(F)(F)CC3)cc(Br)cc2[N+](=O)[O-])C1. The van der Waals surface area contributed by atoms with Crippen molar-refractivity contribution in [1.29, 1.82) is 0 Å². The zero-order chi connectivity index (χ0) is 26.0. The third-order valence-electron chi connectivity index (χ3n) is 6.32. The quantitative estimate of drug-likeness (QED) is 0.412. The molecular weight excluding hydrogens is 544 g/mol. The Morgan fingerprint density at radius 1 is 1.14 bits per heavy atom. The predicted octanol–water partition coefficient (Wildman–Crippen LogP) is 4.05. The maximum atomic E-state index is 13.6. The van der Waals surface area contributed by atoms with Crippen molar-refractivity contribution in [3.63, 3.8) is 0 Å². The van der Waals surface area contributed by atoms with Crippen molar-refractivity contribution in [2.75, 3.05) is 31.5 Å². The number of hydrogen-bond acceptors (Lipinski definition) is 7. The van der Waals surface area contributed by atoms with E-state index in [0.717, 1.165) is 0 Å². The normalized spacial score (nSPS) is 19.6. The van der Waals surface area contributed by atoms with E-state index in [1.807, 2.05) is 0 Å². The van der Waals surface area contributed by atoms with E-state index in [0.29, 0.717) is 23.9 Å². The minimum absolute atomic E-state index is 0.00178. The van der Waals surface area contributed by atoms with Crippen molar-refractivity contribution in [1.82, 2.24) is 14.8 Å². The van der Waals surface area contributed by atoms with E-state index in [-0.39, 0.29) is 53.8 Å². The number of carbonyl (C=O) groups excluding carboxylic acids is 2. The summed E-state index contributed by atoms with van der Waals surface area (Å²) in [5, 5.41) is 24.6. The Morgan fingerprint density at radius 2 is 1.86 bits per heavy atom. The number of carbonyl (C=O) groups is 2. The lowest BCUT2D eigenvalue weighted by Gasteiger charge is -2.35. The second kappa shape index (κ2) is 10.3. The first-order valence-corrected chi connectivity index (χ1v) is 12.2. The molecule has 2 aliphatic rings. The molecule has 2 fully saturated rings. The van der Waals surface area contributed by atoms with E-state index in [4.69, 9.17) is 0 Å². The Balaban J connectivity index is 1.59. The van der Waals surface area contributed by atoms with Crippen molar-refractivity contribution < 1.29 is 28.4 Å². The fraction of sp³-hybridized carbons (Fsp3) is 0.435. The number of aromatic hydroxyl groups is 1. The van der Waals surface area contributed by atoms with Gasteiger partial charge in [-0.1, -0.05) is 15.9 Å². The van der Waals surface area contributed by atoms with Crippen LogP contribution in [0, 0.1) is 10.1 Å². The van der Waals surface area contributed by atoms with Gasteiger partial charge in [0.2, 0.25) is 0 Å². The molecule has 0 unspecified atom stereocenters. The van der Waals surface area contributed by atoms with E-state index in [9.17, 15) is 33.6 Å². The number of nitro groups is 1. The second-order valence-corrected chi connectivity index (χ2v) is 9.83. The Bertz CT molecular complexity index is 1190. The number of rotatable bonds is 5. The average molecular weight is 568 g/mol. The highest BCUT2D eigenvalue weighted by atomic mass is 79.9. The zero-order valence-electron chi connectivity index (χ0n) is 19.1. The van der Waals surface area contributed by atoms with E-state index in [1.165, 1.54) is 35.5 Å². The molecule has 192 valence electrons. The first-order chi connectivity index (χ1) is 17.0. The van der Waals surface area contributed by atoms with Crippen molar-refractivity contribution in [3.8, 4) is 5.75 Å². The summed E-state index contributed by atoms with van der Waals surface area (Å²) < 4.78 is 27.5. The summed E-state index contributed by atoms with van der Waals surface area (Å²) in [5.74, 6) is -3.91. The summed E-state index contributed by atoms with van der Waals surface area (Å²) in [6, 6.07) is 3.61. The molecule has 2 saturated heterocycles. The molecule has 4 rings (SSSR count). The van der Waals surface area contributed by atoms with Crippen LogP contribution in [-0.2, 0) is 0 Å². The molecule has 2 amide bonds. The summed E-state index contributed by atoms with van der Waals surface area (Å²) in [7, 11) is 0. The van der Waals surface area contributed by atoms with Crippen LogP contribution in [0.5, 0.6) is 5.75 Å². The Morgan fingerprint density at radius 3 is 2.53 bits per heavy atom. The minimum atomic E-state index is -2.84. The molecule has 10 nitrogen and oxygen atoms in total. The lowest BCUT2D eigenvalue weighted by atomic mass is 10.0. The Labute approximate surface area is 213 Å². The predicted molar refractivity (Wildman–Crippen MR) is 129 cm³/mol. The minimum Gasteiger partial charge on any atom is -0.506 e. The number of nitrogens with zero attached hydrogens (tertiary/aromatic N) is 4. The highest BCUT2D eigenvalue weighted by Crippen LogP contribution is 2.36. The summed E-state index contributed by atoms with van der Waals surface area (Å²) >= 11 is 3.21. The van der Waals surface area contributed by atoms with Crippen LogP contribution in [0.4, 0.5) is 20.2 Å². The Kier molecular flexibility index (Phi) is 7.38. The molecule has 2 aliphatic heterocycles. The van der Waals surface area contributed by atoms with Crippen LogP contribution < -0.4 is 5.32 Å². The third kappa shape index (κ3) is 5.72. The molecule has 0 saturated carbocycles. The van der Waals surface area contributed by atoms with Gasteiger partial charge in [-0.3, -0.25) is 24.7 Å². The van der Waals surface area contributed by atoms with Gasteiger partial charge in [0, 0.05) is 61.8 Å². The molecule has 0 spiro atoms. The van der Waals surface area contributed by atoms with Gasteiger partial charge in [0.1, 0.15) is 11.4 Å². The molecule has 1 aromatic heterocycles. The van der Waals surface area contributed by atoms with Crippen molar-refractivity contribution in [3.05, 3.63) is 56.3 Å². The Hall–Kier alpha value is -3.35. The van der Waals surface area contributed by atoms with Gasteiger partial charge in [-0.25, -0.2) is 8.78 Å². The largest absolute Gasteiger partial charge is 0.506 e. The number of pyridine rings is 1. The van der Waals surface area contributed by atoms with Crippen LogP contribution in [0.2, 0.25) is 0 Å². The van der Waals surface area contributed by atoms with Crippen molar-refractivity contribution in [2.24, 2.45) is 0 Å². The van der Waals surface area contributed by atoms with Gasteiger partial charge >= 0.3 is 0 Å². The van der Waals surface area contributed by atoms with Gasteiger partial charge in [-0.15, -0.1) is 0 Å². The number of anilines is 1. The number of piperidine rings is 2. The van der Waals surface area contributed by atoms with E-state index in [2.05, 4.69) is 26.2 Å². The molecule has 3 heterocycles. The standard InChI is InChI=1S/C23H24BrF2N5O5/c24-15-9-18(22(34)29-6-3-23(25,26)4-7-29)20(19(10-15)31(35)36)28-16-2-1-5-30(13-16)21(33)14-8-17(32)12-27-11-14/h8-12,16,28,32H,1-7,13H2/t16-/m1/s1. The third-order valence-corrected chi connectivity index (χ3v) is 6.78. The average Bonchev–Trinajstić information content (AvgIpc) is 2.84. The van der Waals surface area contributed by atoms with E-state index < -0.39 is 35.6 Å². The van der Waals surface area contributed by atoms with Crippen LogP contribution in [-0.4, -0.2) is 74.8 Å². The number of benzene rings is 1. The highest BCUT2D eigenvalue weighted by Gasteiger charge is 2.37.